The van der Waals surface area contributed by atoms with E-state index < -0.39 is 0 Å². The monoisotopic (exact) mass is 279 g/mol. The van der Waals surface area contributed by atoms with Crippen LogP contribution in [-0.2, 0) is 17.9 Å². The Bertz CT molecular complexity index is 409. The minimum atomic E-state index is 0.500. The molecular formula is C15H25N3O2. The van der Waals surface area contributed by atoms with Crippen LogP contribution in [0.25, 0.3) is 0 Å². The van der Waals surface area contributed by atoms with Crippen LogP contribution in [0.5, 0.6) is 0 Å². The van der Waals surface area contributed by atoms with Crippen molar-refractivity contribution >= 4 is 0 Å². The van der Waals surface area contributed by atoms with E-state index in [9.17, 15) is 0 Å². The van der Waals surface area contributed by atoms with Crippen LogP contribution in [0.2, 0.25) is 0 Å². The van der Waals surface area contributed by atoms with Gasteiger partial charge in [0, 0.05) is 38.9 Å². The highest BCUT2D eigenvalue weighted by Crippen LogP contribution is 2.28. The molecule has 1 N–H and O–H groups in total. The number of aromatic nitrogens is 1. The van der Waals surface area contributed by atoms with Gasteiger partial charge in [0.05, 0.1) is 5.69 Å². The van der Waals surface area contributed by atoms with Gasteiger partial charge in [-0.1, -0.05) is 5.16 Å². The molecule has 5 nitrogen and oxygen atoms in total. The molecule has 112 valence electrons. The Morgan fingerprint density at radius 1 is 1.35 bits per heavy atom. The standard InChI is InChI=1S/C15H25N3O2/c1-19-11-15-8-14(17-20-15)10-18-6-4-13(5-7-18)16-9-12-2-3-12/h8,12-13,16H,2-7,9-11H2,1H3. The number of likely N-dealkylation sites (tertiary alicyclic amines) is 1. The van der Waals surface area contributed by atoms with Crippen molar-refractivity contribution in [2.45, 2.75) is 44.9 Å². The lowest BCUT2D eigenvalue weighted by atomic mass is 10.0. The van der Waals surface area contributed by atoms with Crippen LogP contribution >= 0.6 is 0 Å². The third-order valence-corrected chi connectivity index (χ3v) is 4.26. The van der Waals surface area contributed by atoms with Crippen LogP contribution in [0.4, 0.5) is 0 Å². The van der Waals surface area contributed by atoms with Gasteiger partial charge >= 0.3 is 0 Å². The van der Waals surface area contributed by atoms with E-state index in [1.54, 1.807) is 7.11 Å². The summed E-state index contributed by atoms with van der Waals surface area (Å²) in [6.07, 6.45) is 5.36. The van der Waals surface area contributed by atoms with E-state index in [2.05, 4.69) is 15.4 Å². The minimum absolute atomic E-state index is 0.500. The first-order valence-electron chi connectivity index (χ1n) is 7.72. The van der Waals surface area contributed by atoms with Crippen LogP contribution in [0.3, 0.4) is 0 Å². The van der Waals surface area contributed by atoms with Crippen LogP contribution in [0, 0.1) is 5.92 Å². The predicted molar refractivity (Wildman–Crippen MR) is 76.2 cm³/mol. The molecule has 0 spiro atoms. The quantitative estimate of drug-likeness (QED) is 0.824. The number of nitrogens with zero attached hydrogens (tertiary/aromatic N) is 2. The van der Waals surface area contributed by atoms with Crippen LogP contribution in [0.15, 0.2) is 10.6 Å². The molecular weight excluding hydrogens is 254 g/mol. The van der Waals surface area contributed by atoms with Crippen molar-refractivity contribution in [1.82, 2.24) is 15.4 Å². The summed E-state index contributed by atoms with van der Waals surface area (Å²) in [5.74, 6) is 1.78. The van der Waals surface area contributed by atoms with E-state index in [0.29, 0.717) is 12.6 Å². The van der Waals surface area contributed by atoms with E-state index in [4.69, 9.17) is 9.26 Å². The summed E-state index contributed by atoms with van der Waals surface area (Å²) < 4.78 is 10.3. The zero-order valence-corrected chi connectivity index (χ0v) is 12.3. The van der Waals surface area contributed by atoms with Gasteiger partial charge in [-0.15, -0.1) is 0 Å². The molecule has 1 aliphatic carbocycles. The molecule has 1 aliphatic heterocycles. The highest BCUT2D eigenvalue weighted by molar-refractivity contribution is 5.04. The number of nitrogens with one attached hydrogen (secondary N) is 1. The lowest BCUT2D eigenvalue weighted by molar-refractivity contribution is 0.155. The lowest BCUT2D eigenvalue weighted by Crippen LogP contribution is -2.42. The number of methoxy groups -OCH3 is 1. The summed E-state index contributed by atoms with van der Waals surface area (Å²) in [7, 11) is 1.67. The van der Waals surface area contributed by atoms with E-state index in [1.807, 2.05) is 6.07 Å². The number of hydrogen-bond acceptors (Lipinski definition) is 5. The molecule has 1 saturated carbocycles. The van der Waals surface area contributed by atoms with Gasteiger partial charge in [-0.05, 0) is 38.1 Å². The van der Waals surface area contributed by atoms with Gasteiger partial charge in [-0.2, -0.15) is 0 Å². The zero-order chi connectivity index (χ0) is 13.8. The normalized spacial score (nSPS) is 21.4. The van der Waals surface area contributed by atoms with E-state index in [-0.39, 0.29) is 0 Å². The van der Waals surface area contributed by atoms with Gasteiger partial charge < -0.3 is 14.6 Å². The van der Waals surface area contributed by atoms with Gasteiger partial charge in [0.1, 0.15) is 6.61 Å². The summed E-state index contributed by atoms with van der Waals surface area (Å²) in [6.45, 7) is 4.92. The second-order valence-electron chi connectivity index (χ2n) is 6.12. The average Bonchev–Trinajstić information content (AvgIpc) is 3.19. The molecule has 0 bridgehead atoms. The third kappa shape index (κ3) is 4.04. The van der Waals surface area contributed by atoms with Gasteiger partial charge in [-0.3, -0.25) is 4.90 Å². The molecule has 0 atom stereocenters. The van der Waals surface area contributed by atoms with Gasteiger partial charge in [0.25, 0.3) is 0 Å². The summed E-state index contributed by atoms with van der Waals surface area (Å²) in [5.41, 5.74) is 1.02. The van der Waals surface area contributed by atoms with E-state index in [1.165, 1.54) is 32.2 Å². The van der Waals surface area contributed by atoms with E-state index >= 15 is 0 Å². The summed E-state index contributed by atoms with van der Waals surface area (Å²) in [5, 5.41) is 7.81. The van der Waals surface area contributed by atoms with Crippen molar-refractivity contribution in [2.24, 2.45) is 5.92 Å². The Hall–Kier alpha value is -0.910. The Labute approximate surface area is 120 Å². The Balaban J connectivity index is 1.38. The molecule has 0 amide bonds. The largest absolute Gasteiger partial charge is 0.377 e. The fourth-order valence-corrected chi connectivity index (χ4v) is 2.82. The average molecular weight is 279 g/mol. The minimum Gasteiger partial charge on any atom is -0.377 e. The molecule has 0 radical (unpaired) electrons. The van der Waals surface area contributed by atoms with Crippen molar-refractivity contribution in [1.29, 1.82) is 0 Å². The molecule has 1 saturated heterocycles. The smallest absolute Gasteiger partial charge is 0.162 e. The molecule has 2 aliphatic rings. The number of rotatable bonds is 7. The third-order valence-electron chi connectivity index (χ3n) is 4.26. The van der Waals surface area contributed by atoms with Crippen molar-refractivity contribution in [2.75, 3.05) is 26.7 Å². The van der Waals surface area contributed by atoms with Crippen LogP contribution < -0.4 is 5.32 Å². The molecule has 2 heterocycles. The fraction of sp³-hybridized carbons (Fsp3) is 0.800. The highest BCUT2D eigenvalue weighted by Gasteiger charge is 2.24. The van der Waals surface area contributed by atoms with Crippen molar-refractivity contribution in [3.05, 3.63) is 17.5 Å². The summed E-state index contributed by atoms with van der Waals surface area (Å²) >= 11 is 0. The molecule has 1 aromatic heterocycles. The van der Waals surface area contributed by atoms with Crippen molar-refractivity contribution in [3.63, 3.8) is 0 Å². The summed E-state index contributed by atoms with van der Waals surface area (Å²) in [4.78, 5) is 2.46. The van der Waals surface area contributed by atoms with Gasteiger partial charge in [0.15, 0.2) is 5.76 Å². The molecule has 0 aromatic carbocycles. The SMILES string of the molecule is COCc1cc(CN2CCC(NCC3CC3)CC2)no1. The first-order valence-corrected chi connectivity index (χ1v) is 7.72. The van der Waals surface area contributed by atoms with Crippen LogP contribution in [0.1, 0.15) is 37.1 Å². The van der Waals surface area contributed by atoms with Crippen molar-refractivity contribution < 1.29 is 9.26 Å². The number of ether oxygens (including phenoxy) is 1. The zero-order valence-electron chi connectivity index (χ0n) is 12.3. The van der Waals surface area contributed by atoms with Crippen LogP contribution in [-0.4, -0.2) is 42.8 Å². The first-order chi connectivity index (χ1) is 9.83. The molecule has 20 heavy (non-hydrogen) atoms. The second kappa shape index (κ2) is 6.70. The fourth-order valence-electron chi connectivity index (χ4n) is 2.82. The summed E-state index contributed by atoms with van der Waals surface area (Å²) in [6, 6.07) is 2.72. The Kier molecular flexibility index (Phi) is 4.70. The molecule has 0 unspecified atom stereocenters. The Morgan fingerprint density at radius 2 is 2.15 bits per heavy atom. The van der Waals surface area contributed by atoms with E-state index in [0.717, 1.165) is 37.0 Å². The highest BCUT2D eigenvalue weighted by atomic mass is 16.5. The topological polar surface area (TPSA) is 50.5 Å². The second-order valence-corrected chi connectivity index (χ2v) is 6.12. The lowest BCUT2D eigenvalue weighted by Gasteiger charge is -2.31. The first kappa shape index (κ1) is 14.0. The maximum atomic E-state index is 5.23. The maximum Gasteiger partial charge on any atom is 0.162 e. The maximum absolute atomic E-state index is 5.23. The number of hydrogen-bond donors (Lipinski definition) is 1. The number of piperidine rings is 1. The van der Waals surface area contributed by atoms with Gasteiger partial charge in [0.2, 0.25) is 0 Å². The molecule has 2 fully saturated rings. The predicted octanol–water partition coefficient (Wildman–Crippen LogP) is 1.78. The molecule has 5 heteroatoms. The van der Waals surface area contributed by atoms with Gasteiger partial charge in [-0.25, -0.2) is 0 Å². The Morgan fingerprint density at radius 3 is 2.85 bits per heavy atom. The van der Waals surface area contributed by atoms with Crippen molar-refractivity contribution in [3.8, 4) is 0 Å². The molecule has 3 rings (SSSR count). The molecule has 1 aromatic rings.